The summed E-state index contributed by atoms with van der Waals surface area (Å²) in [6.45, 7) is 13.1. The Balaban J connectivity index is 1.27. The Kier molecular flexibility index (Phi) is 9.95. The summed E-state index contributed by atoms with van der Waals surface area (Å²) >= 11 is 0. The van der Waals surface area contributed by atoms with E-state index in [1.54, 1.807) is 16.0 Å². The molecule has 1 fully saturated rings. The molecule has 0 aliphatic carbocycles. The van der Waals surface area contributed by atoms with Crippen molar-refractivity contribution in [1.29, 1.82) is 0 Å². The highest BCUT2D eigenvalue weighted by molar-refractivity contribution is 6.76. The third-order valence-corrected chi connectivity index (χ3v) is 8.90. The number of piperazine rings is 1. The van der Waals surface area contributed by atoms with Gasteiger partial charge in [-0.2, -0.15) is 18.3 Å². The summed E-state index contributed by atoms with van der Waals surface area (Å²) in [7, 11) is -1.23. The van der Waals surface area contributed by atoms with Gasteiger partial charge in [-0.15, -0.1) is 0 Å². The van der Waals surface area contributed by atoms with E-state index in [1.807, 2.05) is 24.6 Å². The Labute approximate surface area is 248 Å². The molecule has 15 heteroatoms. The zero-order valence-corrected chi connectivity index (χ0v) is 26.1. The largest absolute Gasteiger partial charge is 0.499 e. The maximum atomic E-state index is 13.1. The molecule has 43 heavy (non-hydrogen) atoms. The highest BCUT2D eigenvalue weighted by Crippen LogP contribution is 2.28. The van der Waals surface area contributed by atoms with Gasteiger partial charge in [0.2, 0.25) is 11.9 Å². The lowest BCUT2D eigenvalue weighted by atomic mass is 10.2. The molecule has 0 radical (unpaired) electrons. The molecule has 0 N–H and O–H groups in total. The number of nitrogens with zero attached hydrogens (tertiary/aromatic N) is 7. The number of fused-ring (bicyclic) bond motifs is 1. The summed E-state index contributed by atoms with van der Waals surface area (Å²) in [5.74, 6) is -0.0413. The fraction of sp³-hybridized carbons (Fsp3) is 0.536. The van der Waals surface area contributed by atoms with E-state index >= 15 is 0 Å². The van der Waals surface area contributed by atoms with Crippen LogP contribution in [0.4, 0.5) is 19.1 Å². The number of aromatic nitrogens is 5. The zero-order valence-electron chi connectivity index (χ0n) is 25.1. The van der Waals surface area contributed by atoms with Crippen molar-refractivity contribution in [2.24, 2.45) is 0 Å². The second-order valence-electron chi connectivity index (χ2n) is 11.8. The van der Waals surface area contributed by atoms with Crippen LogP contribution in [0, 0.1) is 6.92 Å². The number of anilines is 1. The van der Waals surface area contributed by atoms with Crippen LogP contribution in [0.1, 0.15) is 24.1 Å². The molecule has 234 valence electrons. The summed E-state index contributed by atoms with van der Waals surface area (Å²) in [6.07, 6.45) is 3.29. The Morgan fingerprint density at radius 3 is 2.42 bits per heavy atom. The number of hydrogen-bond donors (Lipinski definition) is 0. The van der Waals surface area contributed by atoms with E-state index < -0.39 is 19.8 Å². The summed E-state index contributed by atoms with van der Waals surface area (Å²) in [5.41, 5.74) is 0.423. The second-order valence-corrected chi connectivity index (χ2v) is 17.5. The maximum Gasteiger partial charge on any atom is 0.419 e. The first-order valence-electron chi connectivity index (χ1n) is 14.1. The van der Waals surface area contributed by atoms with E-state index in [-0.39, 0.29) is 36.8 Å². The van der Waals surface area contributed by atoms with Gasteiger partial charge in [0.25, 0.3) is 5.56 Å². The number of alkyl halides is 3. The second kappa shape index (κ2) is 13.3. The quantitative estimate of drug-likeness (QED) is 0.137. The van der Waals surface area contributed by atoms with Gasteiger partial charge in [0.1, 0.15) is 13.3 Å². The average molecular weight is 622 g/mol. The molecule has 1 aliphatic rings. The fourth-order valence-electron chi connectivity index (χ4n) is 4.62. The molecule has 0 aromatic carbocycles. The van der Waals surface area contributed by atoms with Gasteiger partial charge < -0.3 is 23.8 Å². The average Bonchev–Trinajstić information content (AvgIpc) is 3.30. The molecule has 11 nitrogen and oxygen atoms in total. The van der Waals surface area contributed by atoms with Gasteiger partial charge in [-0.3, -0.25) is 9.59 Å². The van der Waals surface area contributed by atoms with E-state index in [0.717, 1.165) is 24.0 Å². The molecule has 0 bridgehead atoms. The van der Waals surface area contributed by atoms with Crippen molar-refractivity contribution >= 4 is 30.8 Å². The molecule has 3 aromatic rings. The predicted octanol–water partition coefficient (Wildman–Crippen LogP) is 4.07. The van der Waals surface area contributed by atoms with Gasteiger partial charge in [-0.1, -0.05) is 19.6 Å². The van der Waals surface area contributed by atoms with Crippen molar-refractivity contribution < 1.29 is 27.4 Å². The number of rotatable bonds is 11. The molecule has 0 spiro atoms. The molecular formula is C28H38F3N7O4Si. The van der Waals surface area contributed by atoms with Crippen molar-refractivity contribution in [3.8, 4) is 0 Å². The molecule has 1 unspecified atom stereocenters. The number of ether oxygens (including phenoxy) is 2. The Hall–Kier alpha value is -3.72. The maximum absolute atomic E-state index is 13.1. The fourth-order valence-corrected chi connectivity index (χ4v) is 5.38. The predicted molar refractivity (Wildman–Crippen MR) is 158 cm³/mol. The molecule has 1 amide bonds. The lowest BCUT2D eigenvalue weighted by molar-refractivity contribution is -0.138. The van der Waals surface area contributed by atoms with E-state index in [1.165, 1.54) is 17.0 Å². The summed E-state index contributed by atoms with van der Waals surface area (Å²) in [4.78, 5) is 36.7. The van der Waals surface area contributed by atoms with Crippen LogP contribution in [0.2, 0.25) is 25.7 Å². The molecule has 0 saturated carbocycles. The lowest BCUT2D eigenvalue weighted by Crippen LogP contribution is -2.48. The van der Waals surface area contributed by atoms with E-state index in [2.05, 4.69) is 34.7 Å². The Bertz CT molecular complexity index is 1490. The third-order valence-electron chi connectivity index (χ3n) is 7.20. The van der Waals surface area contributed by atoms with Crippen LogP contribution >= 0.6 is 0 Å². The molecular weight excluding hydrogens is 583 g/mol. The van der Waals surface area contributed by atoms with Crippen molar-refractivity contribution in [1.82, 2.24) is 29.2 Å². The number of carbonyl (C=O) groups is 1. The summed E-state index contributed by atoms with van der Waals surface area (Å²) in [6, 6.07) is 0.864. The monoisotopic (exact) mass is 621 g/mol. The standard InChI is InChI=1S/C28H38F3N7O4Si/c1-20-17-37(23-16-34-38(26(40)25(20)23)19-42-12-13-43(3,4)5)21(2)18-41-11-6-24(39)35-7-9-36(10-8-35)27-32-14-22(15-33-27)28(29,30)31/h6,11,14-17,21H,7-10,12-13,18-19H2,1-5H3/b11-6+. The highest BCUT2D eigenvalue weighted by Gasteiger charge is 2.32. The number of aryl methyl sites for hydroxylation is 1. The van der Waals surface area contributed by atoms with E-state index in [9.17, 15) is 22.8 Å². The number of amides is 1. The topological polar surface area (TPSA) is 108 Å². The molecule has 4 heterocycles. The molecule has 1 saturated heterocycles. The first kappa shape index (κ1) is 32.2. The van der Waals surface area contributed by atoms with Gasteiger partial charge in [-0.25, -0.2) is 14.6 Å². The van der Waals surface area contributed by atoms with Crippen LogP contribution < -0.4 is 10.5 Å². The Morgan fingerprint density at radius 1 is 1.12 bits per heavy atom. The third kappa shape index (κ3) is 8.22. The molecule has 3 aromatic heterocycles. The minimum Gasteiger partial charge on any atom is -0.499 e. The van der Waals surface area contributed by atoms with Crippen LogP contribution in [0.15, 0.2) is 41.9 Å². The van der Waals surface area contributed by atoms with Gasteiger partial charge in [0.05, 0.1) is 35.0 Å². The summed E-state index contributed by atoms with van der Waals surface area (Å²) < 4.78 is 52.9. The molecule has 4 rings (SSSR count). The number of halogens is 3. The van der Waals surface area contributed by atoms with Gasteiger partial charge in [0.15, 0.2) is 0 Å². The zero-order chi connectivity index (χ0) is 31.4. The van der Waals surface area contributed by atoms with Crippen molar-refractivity contribution in [2.45, 2.75) is 58.5 Å². The van der Waals surface area contributed by atoms with Crippen LogP contribution in [0.3, 0.4) is 0 Å². The molecule has 1 atom stereocenters. The summed E-state index contributed by atoms with van der Waals surface area (Å²) in [5, 5.41) is 4.90. The van der Waals surface area contributed by atoms with Gasteiger partial charge in [0, 0.05) is 65.5 Å². The van der Waals surface area contributed by atoms with Crippen LogP contribution in [0.25, 0.3) is 10.9 Å². The minimum atomic E-state index is -4.49. The number of hydrogen-bond acceptors (Lipinski definition) is 8. The van der Waals surface area contributed by atoms with E-state index in [4.69, 9.17) is 9.47 Å². The first-order chi connectivity index (χ1) is 20.2. The van der Waals surface area contributed by atoms with Crippen LogP contribution in [-0.2, 0) is 27.2 Å². The van der Waals surface area contributed by atoms with Gasteiger partial charge >= 0.3 is 6.18 Å². The SMILES string of the molecule is Cc1cn(C(C)CO/C=C/C(=O)N2CCN(c3ncc(C(F)(F)F)cn3)CC2)c2cnn(COCC[Si](C)(C)C)c(=O)c12. The van der Waals surface area contributed by atoms with Crippen molar-refractivity contribution in [2.75, 3.05) is 44.3 Å². The van der Waals surface area contributed by atoms with Crippen LogP contribution in [0.5, 0.6) is 0 Å². The highest BCUT2D eigenvalue weighted by atomic mass is 28.3. The smallest absolute Gasteiger partial charge is 0.419 e. The first-order valence-corrected chi connectivity index (χ1v) is 17.8. The van der Waals surface area contributed by atoms with Crippen molar-refractivity contribution in [3.05, 3.63) is 58.6 Å². The van der Waals surface area contributed by atoms with E-state index in [0.29, 0.717) is 43.7 Å². The van der Waals surface area contributed by atoms with Gasteiger partial charge in [-0.05, 0) is 25.5 Å². The Morgan fingerprint density at radius 2 is 1.79 bits per heavy atom. The van der Waals surface area contributed by atoms with Crippen LogP contribution in [-0.4, -0.2) is 82.6 Å². The number of carbonyl (C=O) groups excluding carboxylic acids is 1. The lowest BCUT2D eigenvalue weighted by Gasteiger charge is -2.34. The molecule has 1 aliphatic heterocycles. The van der Waals surface area contributed by atoms with Crippen molar-refractivity contribution in [3.63, 3.8) is 0 Å². The normalized spacial score (nSPS) is 15.4. The minimum absolute atomic E-state index is 0.110.